The standard InChI is InChI=1S/C24H27ClN4OS/c1-18-11-13-28(14-12-18)23(30)17-31-24-27-26-22(15-19-5-3-2-4-6-19)29(24)16-20-7-9-21(25)10-8-20/h2-10,18H,11-17H2,1H3. The van der Waals surface area contributed by atoms with Crippen LogP contribution in [-0.2, 0) is 17.8 Å². The summed E-state index contributed by atoms with van der Waals surface area (Å²) < 4.78 is 2.12. The van der Waals surface area contributed by atoms with Gasteiger partial charge in [0.1, 0.15) is 5.82 Å². The summed E-state index contributed by atoms with van der Waals surface area (Å²) in [4.78, 5) is 14.7. The molecule has 0 saturated carbocycles. The number of rotatable bonds is 7. The second-order valence-corrected chi connectivity index (χ2v) is 9.50. The number of halogens is 1. The predicted molar refractivity (Wildman–Crippen MR) is 126 cm³/mol. The summed E-state index contributed by atoms with van der Waals surface area (Å²) >= 11 is 7.53. The van der Waals surface area contributed by atoms with Crippen molar-refractivity contribution in [2.24, 2.45) is 5.92 Å². The van der Waals surface area contributed by atoms with Crippen LogP contribution in [0.25, 0.3) is 0 Å². The van der Waals surface area contributed by atoms with E-state index in [-0.39, 0.29) is 5.91 Å². The summed E-state index contributed by atoms with van der Waals surface area (Å²) in [6.45, 7) is 4.61. The van der Waals surface area contributed by atoms with Gasteiger partial charge in [-0.25, -0.2) is 0 Å². The maximum Gasteiger partial charge on any atom is 0.233 e. The summed E-state index contributed by atoms with van der Waals surface area (Å²) in [5, 5.41) is 10.4. The quantitative estimate of drug-likeness (QED) is 0.475. The van der Waals surface area contributed by atoms with Crippen molar-refractivity contribution in [3.8, 4) is 0 Å². The van der Waals surface area contributed by atoms with Crippen molar-refractivity contribution >= 4 is 29.3 Å². The summed E-state index contributed by atoms with van der Waals surface area (Å²) in [5.74, 6) is 2.17. The topological polar surface area (TPSA) is 51.0 Å². The third-order valence-corrected chi connectivity index (χ3v) is 6.92. The number of aromatic nitrogens is 3. The normalized spacial score (nSPS) is 14.7. The Morgan fingerprint density at radius 3 is 2.45 bits per heavy atom. The molecule has 162 valence electrons. The van der Waals surface area contributed by atoms with E-state index in [2.05, 4.69) is 33.8 Å². The predicted octanol–water partition coefficient (Wildman–Crippen LogP) is 4.92. The van der Waals surface area contributed by atoms with Gasteiger partial charge in [-0.3, -0.25) is 4.79 Å². The highest BCUT2D eigenvalue weighted by molar-refractivity contribution is 7.99. The molecule has 0 atom stereocenters. The molecular formula is C24H27ClN4OS. The Morgan fingerprint density at radius 1 is 1.03 bits per heavy atom. The molecule has 1 aliphatic heterocycles. The van der Waals surface area contributed by atoms with Crippen LogP contribution < -0.4 is 0 Å². The average molecular weight is 455 g/mol. The summed E-state index contributed by atoms with van der Waals surface area (Å²) in [5.41, 5.74) is 2.30. The first-order valence-corrected chi connectivity index (χ1v) is 12.1. The highest BCUT2D eigenvalue weighted by Crippen LogP contribution is 2.23. The average Bonchev–Trinajstić information content (AvgIpc) is 3.16. The molecule has 7 heteroatoms. The first-order chi connectivity index (χ1) is 15.1. The maximum absolute atomic E-state index is 12.7. The fraction of sp³-hybridized carbons (Fsp3) is 0.375. The number of hydrogen-bond acceptors (Lipinski definition) is 4. The third-order valence-electron chi connectivity index (χ3n) is 5.71. The van der Waals surface area contributed by atoms with Crippen LogP contribution >= 0.6 is 23.4 Å². The van der Waals surface area contributed by atoms with Gasteiger partial charge in [-0.2, -0.15) is 0 Å². The molecule has 1 saturated heterocycles. The van der Waals surface area contributed by atoms with Gasteiger partial charge in [0.15, 0.2) is 5.16 Å². The van der Waals surface area contributed by atoms with Crippen molar-refractivity contribution in [1.82, 2.24) is 19.7 Å². The number of carbonyl (C=O) groups is 1. The van der Waals surface area contributed by atoms with E-state index in [1.165, 1.54) is 17.3 Å². The van der Waals surface area contributed by atoms with Gasteiger partial charge in [0.05, 0.1) is 12.3 Å². The second-order valence-electron chi connectivity index (χ2n) is 8.13. The van der Waals surface area contributed by atoms with E-state index in [0.29, 0.717) is 29.7 Å². The Bertz CT molecular complexity index is 998. The van der Waals surface area contributed by atoms with Crippen LogP contribution in [0.1, 0.15) is 36.7 Å². The highest BCUT2D eigenvalue weighted by Gasteiger charge is 2.22. The monoisotopic (exact) mass is 454 g/mol. The molecule has 1 aliphatic rings. The molecule has 1 fully saturated rings. The number of piperidine rings is 1. The van der Waals surface area contributed by atoms with Crippen LogP contribution in [0.5, 0.6) is 0 Å². The Labute approximate surface area is 192 Å². The van der Waals surface area contributed by atoms with E-state index < -0.39 is 0 Å². The number of amides is 1. The van der Waals surface area contributed by atoms with Gasteiger partial charge in [0, 0.05) is 24.5 Å². The molecular weight excluding hydrogens is 428 g/mol. The van der Waals surface area contributed by atoms with Crippen molar-refractivity contribution in [1.29, 1.82) is 0 Å². The number of nitrogens with zero attached hydrogens (tertiary/aromatic N) is 4. The minimum absolute atomic E-state index is 0.183. The molecule has 31 heavy (non-hydrogen) atoms. The van der Waals surface area contributed by atoms with Gasteiger partial charge in [-0.1, -0.05) is 72.8 Å². The molecule has 0 radical (unpaired) electrons. The zero-order valence-corrected chi connectivity index (χ0v) is 19.3. The van der Waals surface area contributed by atoms with Gasteiger partial charge in [-0.05, 0) is 42.0 Å². The van der Waals surface area contributed by atoms with E-state index in [1.54, 1.807) is 0 Å². The van der Waals surface area contributed by atoms with Crippen LogP contribution in [0.4, 0.5) is 0 Å². The fourth-order valence-electron chi connectivity index (χ4n) is 3.74. The number of thioether (sulfide) groups is 1. The van der Waals surface area contributed by atoms with Crippen LogP contribution in [0, 0.1) is 5.92 Å². The SMILES string of the molecule is CC1CCN(C(=O)CSc2nnc(Cc3ccccc3)n2Cc2ccc(Cl)cc2)CC1. The molecule has 0 aliphatic carbocycles. The van der Waals surface area contributed by atoms with Crippen molar-refractivity contribution < 1.29 is 4.79 Å². The lowest BCUT2D eigenvalue weighted by Gasteiger charge is -2.30. The van der Waals surface area contributed by atoms with Crippen molar-refractivity contribution in [2.45, 2.75) is 37.9 Å². The summed E-state index contributed by atoms with van der Waals surface area (Å²) in [6, 6.07) is 18.1. The number of carbonyl (C=O) groups excluding carboxylic acids is 1. The van der Waals surface area contributed by atoms with Gasteiger partial charge in [0.2, 0.25) is 5.91 Å². The maximum atomic E-state index is 12.7. The van der Waals surface area contributed by atoms with Gasteiger partial charge < -0.3 is 9.47 Å². The lowest BCUT2D eigenvalue weighted by Crippen LogP contribution is -2.38. The Hall–Kier alpha value is -2.31. The number of benzene rings is 2. The van der Waals surface area contributed by atoms with Crippen molar-refractivity contribution in [2.75, 3.05) is 18.8 Å². The van der Waals surface area contributed by atoms with E-state index in [9.17, 15) is 4.79 Å². The molecule has 3 aromatic rings. The van der Waals surface area contributed by atoms with Gasteiger partial charge in [-0.15, -0.1) is 10.2 Å². The lowest BCUT2D eigenvalue weighted by atomic mass is 9.99. The number of likely N-dealkylation sites (tertiary alicyclic amines) is 1. The van der Waals surface area contributed by atoms with Crippen LogP contribution in [0.15, 0.2) is 59.8 Å². The minimum Gasteiger partial charge on any atom is -0.342 e. The Morgan fingerprint density at radius 2 is 1.74 bits per heavy atom. The molecule has 5 nitrogen and oxygen atoms in total. The highest BCUT2D eigenvalue weighted by atomic mass is 35.5. The van der Waals surface area contributed by atoms with E-state index in [0.717, 1.165) is 42.5 Å². The molecule has 4 rings (SSSR count). The van der Waals surface area contributed by atoms with E-state index in [4.69, 9.17) is 11.6 Å². The molecule has 0 N–H and O–H groups in total. The lowest BCUT2D eigenvalue weighted by molar-refractivity contribution is -0.129. The first-order valence-electron chi connectivity index (χ1n) is 10.7. The smallest absolute Gasteiger partial charge is 0.233 e. The van der Waals surface area contributed by atoms with Crippen LogP contribution in [-0.4, -0.2) is 44.4 Å². The molecule has 0 bridgehead atoms. The molecule has 2 heterocycles. The van der Waals surface area contributed by atoms with Gasteiger partial charge in [0.25, 0.3) is 0 Å². The summed E-state index contributed by atoms with van der Waals surface area (Å²) in [7, 11) is 0. The Kier molecular flexibility index (Phi) is 7.30. The van der Waals surface area contributed by atoms with E-state index in [1.807, 2.05) is 47.4 Å². The largest absolute Gasteiger partial charge is 0.342 e. The molecule has 2 aromatic carbocycles. The first kappa shape index (κ1) is 21.9. The molecule has 0 unspecified atom stereocenters. The fourth-order valence-corrected chi connectivity index (χ4v) is 4.73. The third kappa shape index (κ3) is 5.89. The molecule has 1 amide bonds. The summed E-state index contributed by atoms with van der Waals surface area (Å²) in [6.07, 6.45) is 2.87. The molecule has 0 spiro atoms. The second kappa shape index (κ2) is 10.3. The van der Waals surface area contributed by atoms with Gasteiger partial charge >= 0.3 is 0 Å². The zero-order valence-electron chi connectivity index (χ0n) is 17.7. The van der Waals surface area contributed by atoms with Crippen LogP contribution in [0.3, 0.4) is 0 Å². The van der Waals surface area contributed by atoms with Crippen LogP contribution in [0.2, 0.25) is 5.02 Å². The van der Waals surface area contributed by atoms with Crippen molar-refractivity contribution in [3.05, 3.63) is 76.6 Å². The minimum atomic E-state index is 0.183. The molecule has 1 aromatic heterocycles. The van der Waals surface area contributed by atoms with E-state index >= 15 is 0 Å². The Balaban J connectivity index is 1.50. The number of hydrogen-bond donors (Lipinski definition) is 0. The zero-order chi connectivity index (χ0) is 21.6. The van der Waals surface area contributed by atoms with Crippen molar-refractivity contribution in [3.63, 3.8) is 0 Å².